The number of nitrogens with zero attached hydrogens (tertiary/aromatic N) is 1. The number of anilines is 2. The lowest BCUT2D eigenvalue weighted by atomic mass is 10.1. The Labute approximate surface area is 106 Å². The minimum absolute atomic E-state index is 0.136. The van der Waals surface area contributed by atoms with Gasteiger partial charge < -0.3 is 9.64 Å². The number of hydrogen-bond donors (Lipinski definition) is 1. The summed E-state index contributed by atoms with van der Waals surface area (Å²) in [6.07, 6.45) is 2.04. The second-order valence-electron chi connectivity index (χ2n) is 4.17. The molecule has 1 aliphatic rings. The van der Waals surface area contributed by atoms with Gasteiger partial charge in [-0.05, 0) is 31.0 Å². The van der Waals surface area contributed by atoms with E-state index in [9.17, 15) is 9.59 Å². The molecule has 1 aromatic carbocycles. The van der Waals surface area contributed by atoms with E-state index in [0.29, 0.717) is 12.1 Å². The molecule has 18 heavy (non-hydrogen) atoms. The highest BCUT2D eigenvalue weighted by Crippen LogP contribution is 2.23. The van der Waals surface area contributed by atoms with Crippen molar-refractivity contribution in [1.82, 2.24) is 0 Å². The number of methoxy groups -OCH3 is 1. The van der Waals surface area contributed by atoms with Crippen LogP contribution in [-0.2, 0) is 9.53 Å². The van der Waals surface area contributed by atoms with Crippen LogP contribution >= 0.6 is 0 Å². The summed E-state index contributed by atoms with van der Waals surface area (Å²) in [4.78, 5) is 24.7. The van der Waals surface area contributed by atoms with Crippen molar-refractivity contribution in [2.24, 2.45) is 0 Å². The molecule has 0 aromatic heterocycles. The number of piperidine rings is 1. The van der Waals surface area contributed by atoms with Gasteiger partial charge >= 0.3 is 6.09 Å². The van der Waals surface area contributed by atoms with Gasteiger partial charge in [-0.25, -0.2) is 4.79 Å². The molecule has 2 rings (SSSR count). The van der Waals surface area contributed by atoms with E-state index in [1.165, 1.54) is 7.11 Å². The summed E-state index contributed by atoms with van der Waals surface area (Å²) in [6, 6.07) is 7.21. The Bertz CT molecular complexity index is 459. The van der Waals surface area contributed by atoms with Crippen LogP contribution in [0, 0.1) is 0 Å². The van der Waals surface area contributed by atoms with Gasteiger partial charge in [0.1, 0.15) is 0 Å². The highest BCUT2D eigenvalue weighted by molar-refractivity contribution is 5.95. The van der Waals surface area contributed by atoms with Gasteiger partial charge in [0.05, 0.1) is 7.11 Å². The van der Waals surface area contributed by atoms with Crippen molar-refractivity contribution >= 4 is 23.4 Å². The van der Waals surface area contributed by atoms with Gasteiger partial charge in [-0.3, -0.25) is 10.1 Å². The van der Waals surface area contributed by atoms with E-state index in [-0.39, 0.29) is 5.91 Å². The molecule has 2 amide bonds. The van der Waals surface area contributed by atoms with E-state index >= 15 is 0 Å². The highest BCUT2D eigenvalue weighted by Gasteiger charge is 2.19. The lowest BCUT2D eigenvalue weighted by Gasteiger charge is -2.27. The van der Waals surface area contributed by atoms with Crippen molar-refractivity contribution in [3.8, 4) is 0 Å². The van der Waals surface area contributed by atoms with Crippen molar-refractivity contribution in [2.45, 2.75) is 19.3 Å². The number of carbonyl (C=O) groups excluding carboxylic acids is 2. The second-order valence-corrected chi connectivity index (χ2v) is 4.17. The molecule has 1 N–H and O–H groups in total. The number of amides is 2. The minimum atomic E-state index is -0.517. The summed E-state index contributed by atoms with van der Waals surface area (Å²) in [5, 5.41) is 2.59. The van der Waals surface area contributed by atoms with Crippen molar-refractivity contribution in [1.29, 1.82) is 0 Å². The molecule has 0 saturated carbocycles. The van der Waals surface area contributed by atoms with Gasteiger partial charge in [0.25, 0.3) is 0 Å². The normalized spacial score (nSPS) is 15.4. The molecular weight excluding hydrogens is 232 g/mol. The molecule has 0 atom stereocenters. The highest BCUT2D eigenvalue weighted by atomic mass is 16.5. The zero-order valence-electron chi connectivity index (χ0n) is 10.3. The largest absolute Gasteiger partial charge is 0.453 e. The molecule has 5 heteroatoms. The summed E-state index contributed by atoms with van der Waals surface area (Å²) >= 11 is 0. The van der Waals surface area contributed by atoms with Crippen LogP contribution in [0.25, 0.3) is 0 Å². The molecule has 1 aromatic rings. The Kier molecular flexibility index (Phi) is 3.82. The van der Waals surface area contributed by atoms with Crippen LogP contribution in [0.4, 0.5) is 16.2 Å². The minimum Gasteiger partial charge on any atom is -0.453 e. The summed E-state index contributed by atoms with van der Waals surface area (Å²) < 4.78 is 4.53. The summed E-state index contributed by atoms with van der Waals surface area (Å²) in [5.41, 5.74) is 1.44. The Morgan fingerprint density at radius 1 is 1.39 bits per heavy atom. The zero-order chi connectivity index (χ0) is 13.0. The molecule has 0 radical (unpaired) electrons. The number of benzene rings is 1. The number of hydrogen-bond acceptors (Lipinski definition) is 3. The molecule has 5 nitrogen and oxygen atoms in total. The lowest BCUT2D eigenvalue weighted by Crippen LogP contribution is -2.35. The van der Waals surface area contributed by atoms with Gasteiger partial charge in [0.2, 0.25) is 5.91 Å². The first kappa shape index (κ1) is 12.4. The summed E-state index contributed by atoms with van der Waals surface area (Å²) in [7, 11) is 1.31. The smallest absolute Gasteiger partial charge is 0.411 e. The molecule has 1 aliphatic heterocycles. The van der Waals surface area contributed by atoms with Crippen molar-refractivity contribution in [3.63, 3.8) is 0 Å². The SMILES string of the molecule is COC(=O)Nc1cccc(N2CCCCC2=O)c1. The Morgan fingerprint density at radius 3 is 2.94 bits per heavy atom. The number of nitrogens with one attached hydrogen (secondary N) is 1. The van der Waals surface area contributed by atoms with Gasteiger partial charge in [0, 0.05) is 24.3 Å². The van der Waals surface area contributed by atoms with Crippen LogP contribution in [0.3, 0.4) is 0 Å². The van der Waals surface area contributed by atoms with Gasteiger partial charge in [0.15, 0.2) is 0 Å². The quantitative estimate of drug-likeness (QED) is 0.874. The fourth-order valence-electron chi connectivity index (χ4n) is 2.00. The molecule has 0 spiro atoms. The number of ether oxygens (including phenoxy) is 1. The fourth-order valence-corrected chi connectivity index (χ4v) is 2.00. The molecule has 0 aliphatic carbocycles. The maximum absolute atomic E-state index is 11.8. The third-order valence-corrected chi connectivity index (χ3v) is 2.91. The average Bonchev–Trinajstić information content (AvgIpc) is 2.39. The van der Waals surface area contributed by atoms with E-state index in [0.717, 1.165) is 25.1 Å². The molecular formula is C13H16N2O3. The van der Waals surface area contributed by atoms with E-state index in [4.69, 9.17) is 0 Å². The van der Waals surface area contributed by atoms with Crippen LogP contribution in [-0.4, -0.2) is 25.7 Å². The van der Waals surface area contributed by atoms with Crippen molar-refractivity contribution < 1.29 is 14.3 Å². The standard InChI is InChI=1S/C13H16N2O3/c1-18-13(17)14-10-5-4-6-11(9-10)15-8-3-2-7-12(15)16/h4-6,9H,2-3,7-8H2,1H3,(H,14,17). The molecule has 0 bridgehead atoms. The Balaban J connectivity index is 2.15. The first-order valence-electron chi connectivity index (χ1n) is 5.96. The average molecular weight is 248 g/mol. The Hall–Kier alpha value is -2.04. The predicted octanol–water partition coefficient (Wildman–Crippen LogP) is 2.38. The first-order valence-corrected chi connectivity index (χ1v) is 5.96. The summed E-state index contributed by atoms with van der Waals surface area (Å²) in [6.45, 7) is 0.737. The molecule has 0 unspecified atom stereocenters. The molecule has 1 fully saturated rings. The molecule has 1 heterocycles. The fraction of sp³-hybridized carbons (Fsp3) is 0.385. The summed E-state index contributed by atoms with van der Waals surface area (Å²) in [5.74, 6) is 0.136. The first-order chi connectivity index (χ1) is 8.70. The van der Waals surface area contributed by atoms with Crippen LogP contribution in [0.2, 0.25) is 0 Å². The van der Waals surface area contributed by atoms with E-state index in [1.54, 1.807) is 17.0 Å². The van der Waals surface area contributed by atoms with Gasteiger partial charge in [-0.1, -0.05) is 6.07 Å². The van der Waals surface area contributed by atoms with Gasteiger partial charge in [-0.2, -0.15) is 0 Å². The van der Waals surface area contributed by atoms with E-state index in [1.807, 2.05) is 12.1 Å². The molecule has 96 valence electrons. The number of rotatable bonds is 2. The van der Waals surface area contributed by atoms with E-state index in [2.05, 4.69) is 10.1 Å². The second kappa shape index (κ2) is 5.53. The topological polar surface area (TPSA) is 58.6 Å². The lowest BCUT2D eigenvalue weighted by molar-refractivity contribution is -0.119. The van der Waals surface area contributed by atoms with Crippen LogP contribution in [0.5, 0.6) is 0 Å². The van der Waals surface area contributed by atoms with Crippen LogP contribution in [0.15, 0.2) is 24.3 Å². The zero-order valence-corrected chi connectivity index (χ0v) is 10.3. The third-order valence-electron chi connectivity index (χ3n) is 2.91. The third kappa shape index (κ3) is 2.80. The Morgan fingerprint density at radius 2 is 2.22 bits per heavy atom. The van der Waals surface area contributed by atoms with Crippen molar-refractivity contribution in [3.05, 3.63) is 24.3 Å². The van der Waals surface area contributed by atoms with Crippen LogP contribution in [0.1, 0.15) is 19.3 Å². The maximum Gasteiger partial charge on any atom is 0.411 e. The van der Waals surface area contributed by atoms with Gasteiger partial charge in [-0.15, -0.1) is 0 Å². The van der Waals surface area contributed by atoms with Crippen molar-refractivity contribution in [2.75, 3.05) is 23.9 Å². The molecule has 1 saturated heterocycles. The van der Waals surface area contributed by atoms with Crippen LogP contribution < -0.4 is 10.2 Å². The number of carbonyl (C=O) groups is 2. The predicted molar refractivity (Wildman–Crippen MR) is 68.7 cm³/mol. The maximum atomic E-state index is 11.8. The van der Waals surface area contributed by atoms with E-state index < -0.39 is 6.09 Å². The monoisotopic (exact) mass is 248 g/mol.